The summed E-state index contributed by atoms with van der Waals surface area (Å²) < 4.78 is 2.25. The first-order valence-electron chi connectivity index (χ1n) is 11.9. The predicted molar refractivity (Wildman–Crippen MR) is 161 cm³/mol. The molecule has 0 unspecified atom stereocenters. The van der Waals surface area contributed by atoms with E-state index in [1.54, 1.807) is 0 Å². The molecule has 0 aromatic heterocycles. The van der Waals surface area contributed by atoms with Crippen LogP contribution in [0.1, 0.15) is 69.7 Å². The highest BCUT2D eigenvalue weighted by Crippen LogP contribution is 2.27. The van der Waals surface area contributed by atoms with Crippen LogP contribution in [0.5, 0.6) is 0 Å². The van der Waals surface area contributed by atoms with E-state index in [1.165, 1.54) is 44.3 Å². The quantitative estimate of drug-likeness (QED) is 0.299. The van der Waals surface area contributed by atoms with Crippen molar-refractivity contribution in [3.05, 3.63) is 101 Å². The molecule has 36 heavy (non-hydrogen) atoms. The SMILES string of the molecule is Brc1ccc2c(c1)CNCC2.C.C.Cc1cc(C)c(C)c(C(=O)N2CCc3ccc(Br)cc3C2)c1C. The maximum atomic E-state index is 13.2. The number of hydrogen-bond donors (Lipinski definition) is 1. The third kappa shape index (κ3) is 6.67. The molecule has 5 rings (SSSR count). The summed E-state index contributed by atoms with van der Waals surface area (Å²) in [6, 6.07) is 15.1. The summed E-state index contributed by atoms with van der Waals surface area (Å²) in [5, 5.41) is 3.35. The van der Waals surface area contributed by atoms with Crippen molar-refractivity contribution >= 4 is 37.8 Å². The average Bonchev–Trinajstić information content (AvgIpc) is 2.82. The van der Waals surface area contributed by atoms with Gasteiger partial charge in [0.1, 0.15) is 0 Å². The van der Waals surface area contributed by atoms with Crippen LogP contribution >= 0.6 is 31.9 Å². The van der Waals surface area contributed by atoms with Gasteiger partial charge < -0.3 is 10.2 Å². The monoisotopic (exact) mass is 614 g/mol. The molecule has 0 atom stereocenters. The molecule has 0 saturated heterocycles. The van der Waals surface area contributed by atoms with E-state index in [2.05, 4.69) is 107 Å². The Morgan fingerprint density at radius 1 is 0.778 bits per heavy atom. The summed E-state index contributed by atoms with van der Waals surface area (Å²) in [6.07, 6.45) is 2.10. The molecule has 2 aliphatic rings. The molecule has 0 bridgehead atoms. The van der Waals surface area contributed by atoms with Gasteiger partial charge in [0.2, 0.25) is 0 Å². The number of amides is 1. The molecule has 1 N–H and O–H groups in total. The minimum absolute atomic E-state index is 0. The number of halogens is 2. The van der Waals surface area contributed by atoms with Crippen molar-refractivity contribution in [2.45, 2.75) is 68.5 Å². The zero-order chi connectivity index (χ0) is 24.4. The van der Waals surface area contributed by atoms with Gasteiger partial charge in [-0.1, -0.05) is 64.9 Å². The maximum absolute atomic E-state index is 13.2. The molecule has 2 heterocycles. The van der Waals surface area contributed by atoms with Crippen LogP contribution < -0.4 is 5.32 Å². The van der Waals surface area contributed by atoms with E-state index in [0.717, 1.165) is 47.2 Å². The smallest absolute Gasteiger partial charge is 0.254 e. The van der Waals surface area contributed by atoms with Gasteiger partial charge in [0.05, 0.1) is 0 Å². The molecule has 1 amide bonds. The van der Waals surface area contributed by atoms with Gasteiger partial charge in [-0.3, -0.25) is 4.79 Å². The molecule has 3 aromatic rings. The Kier molecular flexibility index (Phi) is 11.0. The summed E-state index contributed by atoms with van der Waals surface area (Å²) in [7, 11) is 0. The van der Waals surface area contributed by atoms with Crippen LogP contribution in [0, 0.1) is 27.7 Å². The topological polar surface area (TPSA) is 32.3 Å². The normalized spacial score (nSPS) is 13.8. The van der Waals surface area contributed by atoms with Crippen LogP contribution in [0.15, 0.2) is 51.4 Å². The molecule has 2 aliphatic heterocycles. The third-order valence-corrected chi connectivity index (χ3v) is 8.09. The second-order valence-corrected chi connectivity index (χ2v) is 11.2. The molecule has 5 heteroatoms. The number of hydrogen-bond acceptors (Lipinski definition) is 2. The Bertz CT molecular complexity index is 1210. The molecular formula is C31H40Br2N2O. The number of carbonyl (C=O) groups is 1. The van der Waals surface area contributed by atoms with Crippen molar-refractivity contribution in [2.24, 2.45) is 0 Å². The standard InChI is InChI=1S/C20H22BrNO.C9H10BrN.2CH4/c1-12-9-13(2)15(4)19(14(12)3)20(23)22-8-7-16-5-6-18(21)10-17(16)11-22;10-9-2-1-7-3-4-11-6-8(7)5-9;;/h5-6,9-10H,7-8,11H2,1-4H3;1-2,5,11H,3-4,6H2;2*1H4. The lowest BCUT2D eigenvalue weighted by Crippen LogP contribution is -2.36. The zero-order valence-corrected chi connectivity index (χ0v) is 23.6. The van der Waals surface area contributed by atoms with E-state index < -0.39 is 0 Å². The largest absolute Gasteiger partial charge is 0.334 e. The lowest BCUT2D eigenvalue weighted by molar-refractivity contribution is 0.0733. The zero-order valence-electron chi connectivity index (χ0n) is 20.4. The molecule has 0 saturated carbocycles. The lowest BCUT2D eigenvalue weighted by atomic mass is 9.92. The number of benzene rings is 3. The highest BCUT2D eigenvalue weighted by molar-refractivity contribution is 9.10. The van der Waals surface area contributed by atoms with Gasteiger partial charge in [0.25, 0.3) is 5.91 Å². The number of fused-ring (bicyclic) bond motifs is 2. The number of rotatable bonds is 1. The summed E-state index contributed by atoms with van der Waals surface area (Å²) in [5.41, 5.74) is 11.0. The number of aryl methyl sites for hydroxylation is 2. The molecule has 0 aliphatic carbocycles. The molecule has 194 valence electrons. The first-order chi connectivity index (χ1) is 16.2. The summed E-state index contributed by atoms with van der Waals surface area (Å²) in [5.74, 6) is 0.164. The van der Waals surface area contributed by atoms with Crippen molar-refractivity contribution in [3.63, 3.8) is 0 Å². The molecule has 0 fully saturated rings. The Labute approximate surface area is 235 Å². The maximum Gasteiger partial charge on any atom is 0.254 e. The van der Waals surface area contributed by atoms with E-state index in [-0.39, 0.29) is 20.8 Å². The van der Waals surface area contributed by atoms with E-state index >= 15 is 0 Å². The highest BCUT2D eigenvalue weighted by Gasteiger charge is 2.25. The van der Waals surface area contributed by atoms with Crippen LogP contribution in [0.3, 0.4) is 0 Å². The predicted octanol–water partition coefficient (Wildman–Crippen LogP) is 8.25. The summed E-state index contributed by atoms with van der Waals surface area (Å²) in [4.78, 5) is 15.1. The minimum atomic E-state index is 0. The van der Waals surface area contributed by atoms with Gasteiger partial charge in [-0.05, 0) is 116 Å². The lowest BCUT2D eigenvalue weighted by Gasteiger charge is -2.30. The number of nitrogens with one attached hydrogen (secondary N) is 1. The van der Waals surface area contributed by atoms with Gasteiger partial charge in [-0.15, -0.1) is 0 Å². The fourth-order valence-electron chi connectivity index (χ4n) is 4.84. The number of carbonyl (C=O) groups excluding carboxylic acids is 1. The third-order valence-electron chi connectivity index (χ3n) is 7.10. The fraction of sp³-hybridized carbons (Fsp3) is 0.387. The summed E-state index contributed by atoms with van der Waals surface area (Å²) in [6.45, 7) is 11.9. The Morgan fingerprint density at radius 2 is 1.33 bits per heavy atom. The van der Waals surface area contributed by atoms with Crippen LogP contribution in [0.4, 0.5) is 0 Å². The minimum Gasteiger partial charge on any atom is -0.334 e. The van der Waals surface area contributed by atoms with Crippen LogP contribution in [0.25, 0.3) is 0 Å². The first kappa shape index (κ1) is 30.3. The van der Waals surface area contributed by atoms with E-state index in [9.17, 15) is 4.79 Å². The molecule has 3 aromatic carbocycles. The molecule has 0 spiro atoms. The highest BCUT2D eigenvalue weighted by atomic mass is 79.9. The average molecular weight is 616 g/mol. The second kappa shape index (κ2) is 13.0. The van der Waals surface area contributed by atoms with Crippen molar-refractivity contribution in [3.8, 4) is 0 Å². The van der Waals surface area contributed by atoms with Crippen molar-refractivity contribution < 1.29 is 4.79 Å². The molecule has 3 nitrogen and oxygen atoms in total. The van der Waals surface area contributed by atoms with Crippen molar-refractivity contribution in [1.29, 1.82) is 0 Å². The van der Waals surface area contributed by atoms with Crippen molar-refractivity contribution in [2.75, 3.05) is 13.1 Å². The Balaban J connectivity index is 0.000000296. The molecule has 0 radical (unpaired) electrons. The van der Waals surface area contributed by atoms with Gasteiger partial charge in [-0.2, -0.15) is 0 Å². The Morgan fingerprint density at radius 3 is 1.94 bits per heavy atom. The van der Waals surface area contributed by atoms with Gasteiger partial charge in [-0.25, -0.2) is 0 Å². The van der Waals surface area contributed by atoms with Gasteiger partial charge in [0, 0.05) is 34.1 Å². The Hall–Kier alpha value is -1.95. The first-order valence-corrected chi connectivity index (χ1v) is 13.4. The fourth-order valence-corrected chi connectivity index (χ4v) is 5.66. The van der Waals surface area contributed by atoms with E-state index in [4.69, 9.17) is 0 Å². The second-order valence-electron chi connectivity index (χ2n) is 9.36. The molecular weight excluding hydrogens is 576 g/mol. The number of nitrogens with zero attached hydrogens (tertiary/aromatic N) is 1. The summed E-state index contributed by atoms with van der Waals surface area (Å²) >= 11 is 6.99. The van der Waals surface area contributed by atoms with Gasteiger partial charge in [0.15, 0.2) is 0 Å². The van der Waals surface area contributed by atoms with E-state index in [0.29, 0.717) is 6.54 Å². The van der Waals surface area contributed by atoms with Crippen molar-refractivity contribution in [1.82, 2.24) is 10.2 Å². The van der Waals surface area contributed by atoms with Crippen LogP contribution in [-0.2, 0) is 25.9 Å². The van der Waals surface area contributed by atoms with Gasteiger partial charge >= 0.3 is 0 Å². The van der Waals surface area contributed by atoms with Crippen LogP contribution in [-0.4, -0.2) is 23.9 Å². The van der Waals surface area contributed by atoms with Crippen LogP contribution in [0.2, 0.25) is 0 Å². The van der Waals surface area contributed by atoms with E-state index in [1.807, 2.05) is 4.90 Å².